The summed E-state index contributed by atoms with van der Waals surface area (Å²) in [6.07, 6.45) is 9.16. The van der Waals surface area contributed by atoms with Crippen LogP contribution in [0.3, 0.4) is 0 Å². The number of hydrogen-bond acceptors (Lipinski definition) is 4. The fraction of sp³-hybridized carbons (Fsp3) is 0.700. The average molecular weight is 364 g/mol. The lowest BCUT2D eigenvalue weighted by atomic mass is 9.78. The van der Waals surface area contributed by atoms with E-state index in [2.05, 4.69) is 19.2 Å². The van der Waals surface area contributed by atoms with Gasteiger partial charge < -0.3 is 10.1 Å². The van der Waals surface area contributed by atoms with Crippen LogP contribution in [-0.2, 0) is 22.4 Å². The van der Waals surface area contributed by atoms with Gasteiger partial charge in [0.1, 0.15) is 4.88 Å². The van der Waals surface area contributed by atoms with Gasteiger partial charge in [0, 0.05) is 10.9 Å². The number of rotatable bonds is 4. The maximum Gasteiger partial charge on any atom is 0.348 e. The van der Waals surface area contributed by atoms with Crippen molar-refractivity contribution in [3.63, 3.8) is 0 Å². The van der Waals surface area contributed by atoms with E-state index in [9.17, 15) is 9.59 Å². The Morgan fingerprint density at radius 3 is 2.80 bits per heavy atom. The van der Waals surface area contributed by atoms with Crippen LogP contribution in [0.2, 0.25) is 0 Å². The van der Waals surface area contributed by atoms with Gasteiger partial charge in [-0.05, 0) is 55.6 Å². The molecule has 1 fully saturated rings. The summed E-state index contributed by atoms with van der Waals surface area (Å²) in [6.45, 7) is 4.25. The first kappa shape index (κ1) is 18.4. The number of nitrogens with one attached hydrogen (secondary N) is 1. The van der Waals surface area contributed by atoms with E-state index < -0.39 is 0 Å². The second-order valence-corrected chi connectivity index (χ2v) is 8.77. The largest absolute Gasteiger partial charge is 0.451 e. The molecule has 1 saturated carbocycles. The molecule has 0 radical (unpaired) electrons. The molecular formula is C20H29NO3S. The molecule has 1 N–H and O–H groups in total. The van der Waals surface area contributed by atoms with E-state index in [0.29, 0.717) is 16.7 Å². The summed E-state index contributed by atoms with van der Waals surface area (Å²) in [5.41, 5.74) is 1.30. The van der Waals surface area contributed by atoms with Crippen molar-refractivity contribution < 1.29 is 14.3 Å². The standard InChI is InChI=1S/C20H29NO3S/c1-13-7-6-9-16(14(13)2)21-19(22)12-24-20(23)18-11-15-8-4-3-5-10-17(15)25-18/h11,13-14,16H,3-10,12H2,1-2H3,(H,21,22)/t13-,14+,16+/m1/s1. The van der Waals surface area contributed by atoms with E-state index in [-0.39, 0.29) is 24.5 Å². The monoisotopic (exact) mass is 363 g/mol. The number of aryl methyl sites for hydroxylation is 2. The lowest BCUT2D eigenvalue weighted by Gasteiger charge is -2.34. The van der Waals surface area contributed by atoms with Gasteiger partial charge in [0.05, 0.1) is 0 Å². The lowest BCUT2D eigenvalue weighted by molar-refractivity contribution is -0.125. The summed E-state index contributed by atoms with van der Waals surface area (Å²) in [7, 11) is 0. The first-order valence-electron chi connectivity index (χ1n) is 9.62. The van der Waals surface area contributed by atoms with Crippen LogP contribution in [0.1, 0.15) is 72.5 Å². The van der Waals surface area contributed by atoms with Gasteiger partial charge in [-0.1, -0.05) is 33.1 Å². The van der Waals surface area contributed by atoms with Crippen molar-refractivity contribution in [2.75, 3.05) is 6.61 Å². The molecule has 4 nitrogen and oxygen atoms in total. The van der Waals surface area contributed by atoms with Crippen molar-refractivity contribution in [3.05, 3.63) is 21.4 Å². The van der Waals surface area contributed by atoms with E-state index in [1.54, 1.807) is 0 Å². The van der Waals surface area contributed by atoms with Gasteiger partial charge in [0.15, 0.2) is 6.61 Å². The van der Waals surface area contributed by atoms with Crippen LogP contribution in [0.15, 0.2) is 6.07 Å². The van der Waals surface area contributed by atoms with Crippen molar-refractivity contribution in [1.29, 1.82) is 0 Å². The molecular weight excluding hydrogens is 334 g/mol. The van der Waals surface area contributed by atoms with E-state index in [0.717, 1.165) is 25.7 Å². The number of carbonyl (C=O) groups excluding carboxylic acids is 2. The maximum absolute atomic E-state index is 12.3. The summed E-state index contributed by atoms with van der Waals surface area (Å²) in [5.74, 6) is 0.556. The Morgan fingerprint density at radius 2 is 1.96 bits per heavy atom. The van der Waals surface area contributed by atoms with Gasteiger partial charge in [-0.25, -0.2) is 4.79 Å². The van der Waals surface area contributed by atoms with Crippen molar-refractivity contribution in [3.8, 4) is 0 Å². The third-order valence-electron chi connectivity index (χ3n) is 5.84. The molecule has 0 spiro atoms. The summed E-state index contributed by atoms with van der Waals surface area (Å²) >= 11 is 1.54. The van der Waals surface area contributed by atoms with E-state index in [1.165, 1.54) is 47.5 Å². The third-order valence-corrected chi connectivity index (χ3v) is 7.05. The predicted molar refractivity (Wildman–Crippen MR) is 100.0 cm³/mol. The molecule has 3 atom stereocenters. The zero-order chi connectivity index (χ0) is 17.8. The number of carbonyl (C=O) groups is 2. The van der Waals surface area contributed by atoms with Crippen LogP contribution in [-0.4, -0.2) is 24.5 Å². The van der Waals surface area contributed by atoms with E-state index in [1.807, 2.05) is 6.07 Å². The first-order valence-corrected chi connectivity index (χ1v) is 10.4. The molecule has 138 valence electrons. The van der Waals surface area contributed by atoms with Crippen LogP contribution in [0.25, 0.3) is 0 Å². The molecule has 3 rings (SSSR count). The minimum absolute atomic E-state index is 0.182. The van der Waals surface area contributed by atoms with Gasteiger partial charge in [-0.3, -0.25) is 4.79 Å². The van der Waals surface area contributed by atoms with Gasteiger partial charge in [-0.15, -0.1) is 11.3 Å². The van der Waals surface area contributed by atoms with Gasteiger partial charge in [0.2, 0.25) is 0 Å². The Bertz CT molecular complexity index is 601. The second kappa shape index (κ2) is 8.35. The SMILES string of the molecule is C[C@H]1[C@H](C)CCC[C@@H]1NC(=O)COC(=O)c1cc2c(s1)CCCCC2. The van der Waals surface area contributed by atoms with E-state index >= 15 is 0 Å². The number of fused-ring (bicyclic) bond motifs is 1. The predicted octanol–water partition coefficient (Wildman–Crippen LogP) is 4.11. The minimum atomic E-state index is -0.363. The molecule has 0 saturated heterocycles. The van der Waals surface area contributed by atoms with Gasteiger partial charge in [-0.2, -0.15) is 0 Å². The molecule has 1 aromatic heterocycles. The fourth-order valence-electron chi connectivity index (χ4n) is 4.00. The number of thiophene rings is 1. The van der Waals surface area contributed by atoms with Crippen LogP contribution in [0, 0.1) is 11.8 Å². The van der Waals surface area contributed by atoms with Crippen molar-refractivity contribution in [2.24, 2.45) is 11.8 Å². The van der Waals surface area contributed by atoms with Crippen LogP contribution in [0.5, 0.6) is 0 Å². The fourth-order valence-corrected chi connectivity index (χ4v) is 5.15. The topological polar surface area (TPSA) is 55.4 Å². The smallest absolute Gasteiger partial charge is 0.348 e. The molecule has 25 heavy (non-hydrogen) atoms. The molecule has 2 aliphatic rings. The van der Waals surface area contributed by atoms with Gasteiger partial charge >= 0.3 is 5.97 Å². The molecule has 1 aromatic rings. The zero-order valence-corrected chi connectivity index (χ0v) is 16.1. The molecule has 0 bridgehead atoms. The molecule has 1 heterocycles. The van der Waals surface area contributed by atoms with Crippen molar-refractivity contribution in [2.45, 2.75) is 71.3 Å². The molecule has 0 aromatic carbocycles. The highest BCUT2D eigenvalue weighted by atomic mass is 32.1. The normalized spacial score (nSPS) is 26.4. The number of amides is 1. The van der Waals surface area contributed by atoms with Crippen LogP contribution in [0.4, 0.5) is 0 Å². The van der Waals surface area contributed by atoms with Gasteiger partial charge in [0.25, 0.3) is 5.91 Å². The number of hydrogen-bond donors (Lipinski definition) is 1. The van der Waals surface area contributed by atoms with E-state index in [4.69, 9.17) is 4.74 Å². The Kier molecular flexibility index (Phi) is 6.15. The highest BCUT2D eigenvalue weighted by Crippen LogP contribution is 2.30. The highest BCUT2D eigenvalue weighted by molar-refractivity contribution is 7.14. The Morgan fingerprint density at radius 1 is 1.16 bits per heavy atom. The zero-order valence-electron chi connectivity index (χ0n) is 15.3. The average Bonchev–Trinajstić information content (AvgIpc) is 2.88. The molecule has 5 heteroatoms. The Balaban J connectivity index is 1.49. The Hall–Kier alpha value is -1.36. The molecule has 0 unspecified atom stereocenters. The van der Waals surface area contributed by atoms with Crippen LogP contribution < -0.4 is 5.32 Å². The lowest BCUT2D eigenvalue weighted by Crippen LogP contribution is -2.45. The summed E-state index contributed by atoms with van der Waals surface area (Å²) in [5, 5.41) is 3.05. The molecule has 2 aliphatic carbocycles. The molecule has 1 amide bonds. The summed E-state index contributed by atoms with van der Waals surface area (Å²) in [6, 6.07) is 2.17. The Labute approximate surface area is 154 Å². The highest BCUT2D eigenvalue weighted by Gasteiger charge is 2.28. The molecule has 0 aliphatic heterocycles. The third kappa shape index (κ3) is 4.63. The maximum atomic E-state index is 12.3. The van der Waals surface area contributed by atoms with Crippen molar-refractivity contribution >= 4 is 23.2 Å². The van der Waals surface area contributed by atoms with Crippen molar-refractivity contribution in [1.82, 2.24) is 5.32 Å². The quantitative estimate of drug-likeness (QED) is 0.647. The number of ether oxygens (including phenoxy) is 1. The summed E-state index contributed by atoms with van der Waals surface area (Å²) < 4.78 is 5.26. The minimum Gasteiger partial charge on any atom is -0.451 e. The number of esters is 1. The first-order chi connectivity index (χ1) is 12.0. The van der Waals surface area contributed by atoms with Crippen LogP contribution >= 0.6 is 11.3 Å². The summed E-state index contributed by atoms with van der Waals surface area (Å²) in [4.78, 5) is 26.4. The second-order valence-electron chi connectivity index (χ2n) is 7.64.